The minimum atomic E-state index is -1.32. The fraction of sp³-hybridized carbons (Fsp3) is 0.467. The fourth-order valence-electron chi connectivity index (χ4n) is 1.68. The molecule has 1 aromatic carbocycles. The van der Waals surface area contributed by atoms with Gasteiger partial charge in [-0.25, -0.2) is 9.59 Å². The number of carbonyl (C=O) groups excluding carboxylic acids is 2. The van der Waals surface area contributed by atoms with Crippen LogP contribution in [0, 0.1) is 10.1 Å². The number of hydrogen-bond donors (Lipinski definition) is 1. The van der Waals surface area contributed by atoms with Gasteiger partial charge in [0.15, 0.2) is 5.75 Å². The summed E-state index contributed by atoms with van der Waals surface area (Å²) in [5, 5.41) is 13.6. The number of hydrogen-bond acceptors (Lipinski definition) is 7. The van der Waals surface area contributed by atoms with Gasteiger partial charge in [-0.3, -0.25) is 10.1 Å². The van der Waals surface area contributed by atoms with E-state index in [0.29, 0.717) is 0 Å². The van der Waals surface area contributed by atoms with E-state index in [4.69, 9.17) is 21.1 Å². The summed E-state index contributed by atoms with van der Waals surface area (Å²) < 4.78 is 15.0. The number of esters is 1. The van der Waals surface area contributed by atoms with Crippen molar-refractivity contribution in [1.29, 1.82) is 0 Å². The Kier molecular flexibility index (Phi) is 6.98. The third kappa shape index (κ3) is 6.84. The van der Waals surface area contributed by atoms with Crippen LogP contribution in [0.3, 0.4) is 0 Å². The van der Waals surface area contributed by atoms with Gasteiger partial charge in [0, 0.05) is 17.2 Å². The second kappa shape index (κ2) is 8.52. The molecule has 1 unspecified atom stereocenters. The molecular formula is C15H19ClN2O7. The molecule has 0 fully saturated rings. The maximum absolute atomic E-state index is 11.8. The van der Waals surface area contributed by atoms with Crippen molar-refractivity contribution in [1.82, 2.24) is 5.32 Å². The monoisotopic (exact) mass is 374 g/mol. The lowest BCUT2D eigenvalue weighted by Gasteiger charge is -2.21. The molecule has 25 heavy (non-hydrogen) atoms. The van der Waals surface area contributed by atoms with Crippen LogP contribution >= 0.6 is 11.6 Å². The molecule has 0 heterocycles. The summed E-state index contributed by atoms with van der Waals surface area (Å²) in [6.07, 6.45) is -2.10. The predicted octanol–water partition coefficient (Wildman–Crippen LogP) is 2.69. The molecule has 1 rings (SSSR count). The second-order valence-electron chi connectivity index (χ2n) is 5.88. The van der Waals surface area contributed by atoms with Crippen LogP contribution in [0.25, 0.3) is 0 Å². The summed E-state index contributed by atoms with van der Waals surface area (Å²) in [6, 6.07) is 3.66. The number of nitrogens with one attached hydrogen (secondary N) is 1. The molecule has 1 atom stereocenters. The van der Waals surface area contributed by atoms with Gasteiger partial charge in [-0.05, 0) is 26.8 Å². The van der Waals surface area contributed by atoms with Crippen molar-refractivity contribution in [2.45, 2.75) is 32.5 Å². The third-order valence-corrected chi connectivity index (χ3v) is 2.92. The smallest absolute Gasteiger partial charge is 0.407 e. The Balaban J connectivity index is 2.91. The van der Waals surface area contributed by atoms with Gasteiger partial charge >= 0.3 is 17.7 Å². The maximum atomic E-state index is 11.8. The first-order valence-electron chi connectivity index (χ1n) is 7.18. The Morgan fingerprint density at radius 2 is 2.00 bits per heavy atom. The SMILES string of the molecule is COC(=O)C(CNC(=O)OC(C)(C)C)Oc1cc(Cl)ccc1[N+](=O)[O-]. The van der Waals surface area contributed by atoms with E-state index in [9.17, 15) is 19.7 Å². The number of rotatable bonds is 6. The van der Waals surface area contributed by atoms with Crippen molar-refractivity contribution in [2.75, 3.05) is 13.7 Å². The molecule has 9 nitrogen and oxygen atoms in total. The van der Waals surface area contributed by atoms with Crippen LogP contribution in [0.1, 0.15) is 20.8 Å². The summed E-state index contributed by atoms with van der Waals surface area (Å²) >= 11 is 5.81. The molecular weight excluding hydrogens is 356 g/mol. The first kappa shape index (κ1) is 20.5. The van der Waals surface area contributed by atoms with Gasteiger partial charge < -0.3 is 19.5 Å². The first-order chi connectivity index (χ1) is 11.5. The van der Waals surface area contributed by atoms with Crippen molar-refractivity contribution in [2.24, 2.45) is 0 Å². The van der Waals surface area contributed by atoms with E-state index >= 15 is 0 Å². The van der Waals surface area contributed by atoms with Crippen LogP contribution in [-0.2, 0) is 14.3 Å². The zero-order chi connectivity index (χ0) is 19.2. The van der Waals surface area contributed by atoms with Crippen molar-refractivity contribution in [3.8, 4) is 5.75 Å². The van der Waals surface area contributed by atoms with Crippen LogP contribution in [0.4, 0.5) is 10.5 Å². The van der Waals surface area contributed by atoms with Gasteiger partial charge in [-0.2, -0.15) is 0 Å². The molecule has 1 N–H and O–H groups in total. The Morgan fingerprint density at radius 1 is 1.36 bits per heavy atom. The van der Waals surface area contributed by atoms with Gasteiger partial charge in [0.05, 0.1) is 18.6 Å². The Morgan fingerprint density at radius 3 is 2.52 bits per heavy atom. The summed E-state index contributed by atoms with van der Waals surface area (Å²) in [5.74, 6) is -1.05. The zero-order valence-corrected chi connectivity index (χ0v) is 15.0. The van der Waals surface area contributed by atoms with Crippen LogP contribution in [0.5, 0.6) is 5.75 Å². The average Bonchev–Trinajstić information content (AvgIpc) is 2.48. The third-order valence-electron chi connectivity index (χ3n) is 2.68. The number of ether oxygens (including phenoxy) is 3. The summed E-state index contributed by atoms with van der Waals surface area (Å²) in [7, 11) is 1.12. The van der Waals surface area contributed by atoms with E-state index in [1.807, 2.05) is 0 Å². The summed E-state index contributed by atoms with van der Waals surface area (Å²) in [4.78, 5) is 33.9. The number of nitro benzene ring substituents is 1. The Bertz CT molecular complexity index is 658. The zero-order valence-electron chi connectivity index (χ0n) is 14.2. The van der Waals surface area contributed by atoms with E-state index in [1.165, 1.54) is 12.1 Å². The molecule has 0 radical (unpaired) electrons. The summed E-state index contributed by atoms with van der Waals surface area (Å²) in [6.45, 7) is 4.72. The minimum Gasteiger partial charge on any atom is -0.470 e. The highest BCUT2D eigenvalue weighted by atomic mass is 35.5. The predicted molar refractivity (Wildman–Crippen MR) is 88.8 cm³/mol. The molecule has 0 saturated heterocycles. The molecule has 0 spiro atoms. The van der Waals surface area contributed by atoms with E-state index in [-0.39, 0.29) is 23.0 Å². The first-order valence-corrected chi connectivity index (χ1v) is 7.56. The highest BCUT2D eigenvalue weighted by molar-refractivity contribution is 6.30. The standard InChI is InChI=1S/C15H19ClN2O7/c1-15(2,3)25-14(20)17-8-12(13(19)23-4)24-11-7-9(16)5-6-10(11)18(21)22/h5-7,12H,8H2,1-4H3,(H,17,20). The minimum absolute atomic E-state index is 0.185. The molecule has 0 aliphatic rings. The quantitative estimate of drug-likeness (QED) is 0.462. The molecule has 0 aromatic heterocycles. The Hall–Kier alpha value is -2.55. The van der Waals surface area contributed by atoms with Crippen LogP contribution in [0.15, 0.2) is 18.2 Å². The molecule has 0 saturated carbocycles. The molecule has 0 aliphatic carbocycles. The lowest BCUT2D eigenvalue weighted by molar-refractivity contribution is -0.386. The van der Waals surface area contributed by atoms with E-state index < -0.39 is 28.7 Å². The van der Waals surface area contributed by atoms with Gasteiger partial charge in [0.2, 0.25) is 6.10 Å². The molecule has 0 bridgehead atoms. The van der Waals surface area contributed by atoms with E-state index in [0.717, 1.165) is 13.2 Å². The lowest BCUT2D eigenvalue weighted by atomic mass is 10.2. The van der Waals surface area contributed by atoms with E-state index in [1.54, 1.807) is 20.8 Å². The topological polar surface area (TPSA) is 117 Å². The maximum Gasteiger partial charge on any atom is 0.407 e. The number of benzene rings is 1. The molecule has 138 valence electrons. The lowest BCUT2D eigenvalue weighted by Crippen LogP contribution is -2.43. The molecule has 0 aliphatic heterocycles. The van der Waals surface area contributed by atoms with Gasteiger partial charge in [-0.15, -0.1) is 0 Å². The number of halogens is 1. The average molecular weight is 375 g/mol. The fourth-order valence-corrected chi connectivity index (χ4v) is 1.84. The van der Waals surface area contributed by atoms with Crippen molar-refractivity contribution >= 4 is 29.4 Å². The van der Waals surface area contributed by atoms with Crippen molar-refractivity contribution < 1.29 is 28.7 Å². The van der Waals surface area contributed by atoms with Gasteiger partial charge in [0.1, 0.15) is 5.60 Å². The van der Waals surface area contributed by atoms with Crippen LogP contribution in [0.2, 0.25) is 5.02 Å². The number of methoxy groups -OCH3 is 1. The number of nitro groups is 1. The Labute approximate surface area is 149 Å². The van der Waals surface area contributed by atoms with Crippen molar-refractivity contribution in [3.05, 3.63) is 33.3 Å². The number of alkyl carbamates (subject to hydrolysis) is 1. The highest BCUT2D eigenvalue weighted by Gasteiger charge is 2.27. The van der Waals surface area contributed by atoms with E-state index in [2.05, 4.69) is 10.1 Å². The largest absolute Gasteiger partial charge is 0.470 e. The number of nitrogens with zero attached hydrogens (tertiary/aromatic N) is 1. The number of amides is 1. The summed E-state index contributed by atoms with van der Waals surface area (Å²) in [5.41, 5.74) is -1.10. The number of carbonyl (C=O) groups is 2. The van der Waals surface area contributed by atoms with Crippen LogP contribution < -0.4 is 10.1 Å². The highest BCUT2D eigenvalue weighted by Crippen LogP contribution is 2.30. The van der Waals surface area contributed by atoms with Gasteiger partial charge in [-0.1, -0.05) is 11.6 Å². The van der Waals surface area contributed by atoms with Gasteiger partial charge in [0.25, 0.3) is 0 Å². The second-order valence-corrected chi connectivity index (χ2v) is 6.32. The van der Waals surface area contributed by atoms with Crippen molar-refractivity contribution in [3.63, 3.8) is 0 Å². The van der Waals surface area contributed by atoms with Crippen LogP contribution in [-0.4, -0.2) is 42.3 Å². The molecule has 1 amide bonds. The molecule has 10 heteroatoms. The normalized spacial score (nSPS) is 12.0. The molecule has 1 aromatic rings.